The molecule has 0 N–H and O–H groups in total. The van der Waals surface area contributed by atoms with Gasteiger partial charge >= 0.3 is 0 Å². The maximum atomic E-state index is 5.22. The van der Waals surface area contributed by atoms with Gasteiger partial charge in [0.05, 0.1) is 33.8 Å². The van der Waals surface area contributed by atoms with Gasteiger partial charge in [-0.3, -0.25) is 0 Å². The van der Waals surface area contributed by atoms with Gasteiger partial charge in [0.25, 0.3) is 0 Å². The summed E-state index contributed by atoms with van der Waals surface area (Å²) in [6, 6.07) is 60.8. The third-order valence-electron chi connectivity index (χ3n) is 9.42. The molecule has 9 rings (SSSR count). The summed E-state index contributed by atoms with van der Waals surface area (Å²) in [4.78, 5) is 20.3. The number of hydrogen-bond acceptors (Lipinski definition) is 4. The van der Waals surface area contributed by atoms with E-state index in [4.69, 9.17) is 19.9 Å². The lowest BCUT2D eigenvalue weighted by molar-refractivity contribution is 1.18. The Balaban J connectivity index is 1.08. The van der Waals surface area contributed by atoms with Gasteiger partial charge in [0.2, 0.25) is 0 Å². The molecule has 3 heterocycles. The quantitative estimate of drug-likeness (QED) is 0.168. The Bertz CT molecular complexity index is 2610. The Morgan fingerprint density at radius 1 is 0.314 bits per heavy atom. The number of aryl methyl sites for hydroxylation is 1. The summed E-state index contributed by atoms with van der Waals surface area (Å²) in [7, 11) is 0. The number of fused-ring (bicyclic) bond motifs is 3. The minimum atomic E-state index is 0.708. The summed E-state index contributed by atoms with van der Waals surface area (Å²) in [5.41, 5.74) is 14.2. The smallest absolute Gasteiger partial charge is 0.160 e. The van der Waals surface area contributed by atoms with E-state index in [1.165, 1.54) is 5.56 Å². The zero-order valence-corrected chi connectivity index (χ0v) is 28.0. The van der Waals surface area contributed by atoms with Crippen LogP contribution in [0, 0.1) is 6.92 Å². The Labute approximate surface area is 296 Å². The van der Waals surface area contributed by atoms with Gasteiger partial charge in [-0.2, -0.15) is 0 Å². The van der Waals surface area contributed by atoms with Gasteiger partial charge in [0.15, 0.2) is 5.82 Å². The molecular weight excluding hydrogens is 621 g/mol. The highest BCUT2D eigenvalue weighted by Crippen LogP contribution is 2.33. The topological polar surface area (TPSA) is 51.6 Å². The summed E-state index contributed by atoms with van der Waals surface area (Å²) in [6.45, 7) is 2.15. The van der Waals surface area contributed by atoms with Crippen LogP contribution in [-0.4, -0.2) is 19.9 Å². The van der Waals surface area contributed by atoms with Crippen LogP contribution in [0.1, 0.15) is 5.56 Å². The number of pyridine rings is 2. The van der Waals surface area contributed by atoms with Crippen molar-refractivity contribution in [2.24, 2.45) is 0 Å². The van der Waals surface area contributed by atoms with Crippen LogP contribution >= 0.6 is 0 Å². The maximum absolute atomic E-state index is 5.22. The third kappa shape index (κ3) is 5.94. The third-order valence-corrected chi connectivity index (χ3v) is 9.42. The fraction of sp³-hybridized carbons (Fsp3) is 0.0213. The molecule has 0 aliphatic rings. The largest absolute Gasteiger partial charge is 0.245 e. The number of nitrogens with zero attached hydrogens (tertiary/aromatic N) is 4. The molecule has 0 aliphatic carbocycles. The average molecular weight is 653 g/mol. The van der Waals surface area contributed by atoms with Gasteiger partial charge in [0, 0.05) is 38.6 Å². The Hall–Kier alpha value is -6.78. The predicted octanol–water partition coefficient (Wildman–Crippen LogP) is 11.9. The van der Waals surface area contributed by atoms with Crippen LogP contribution in [0.15, 0.2) is 176 Å². The van der Waals surface area contributed by atoms with Gasteiger partial charge < -0.3 is 0 Å². The van der Waals surface area contributed by atoms with E-state index in [9.17, 15) is 0 Å². The second-order valence-electron chi connectivity index (χ2n) is 12.8. The number of hydrogen-bond donors (Lipinski definition) is 0. The van der Waals surface area contributed by atoms with Crippen molar-refractivity contribution in [2.75, 3.05) is 0 Å². The van der Waals surface area contributed by atoms with E-state index >= 15 is 0 Å². The molecule has 4 heteroatoms. The van der Waals surface area contributed by atoms with Crippen molar-refractivity contribution in [1.29, 1.82) is 0 Å². The highest BCUT2D eigenvalue weighted by atomic mass is 14.9. The van der Waals surface area contributed by atoms with Crippen LogP contribution < -0.4 is 0 Å². The van der Waals surface area contributed by atoms with E-state index in [-0.39, 0.29) is 0 Å². The van der Waals surface area contributed by atoms with E-state index in [1.807, 2.05) is 54.6 Å². The molecule has 0 aliphatic heterocycles. The maximum Gasteiger partial charge on any atom is 0.160 e. The summed E-state index contributed by atoms with van der Waals surface area (Å²) in [5.74, 6) is 0.708. The SMILES string of the molecule is Cc1cc(-c2ccc(-c3cccc(-c4cc(-c5ccccc5)nc(-c5ccccc5)n4)c3)cc2)nc2c1ccc1ccc(-c3ccccc3)nc12. The van der Waals surface area contributed by atoms with Crippen molar-refractivity contribution in [3.8, 4) is 67.5 Å². The Morgan fingerprint density at radius 2 is 0.824 bits per heavy atom. The van der Waals surface area contributed by atoms with Crippen molar-refractivity contribution < 1.29 is 0 Å². The lowest BCUT2D eigenvalue weighted by Crippen LogP contribution is -1.96. The second kappa shape index (κ2) is 12.9. The fourth-order valence-corrected chi connectivity index (χ4v) is 6.72. The molecule has 0 amide bonds. The molecule has 0 spiro atoms. The number of benzene rings is 6. The molecule has 0 saturated heterocycles. The van der Waals surface area contributed by atoms with E-state index in [0.29, 0.717) is 5.82 Å². The van der Waals surface area contributed by atoms with E-state index in [2.05, 4.69) is 128 Å². The predicted molar refractivity (Wildman–Crippen MR) is 210 cm³/mol. The molecule has 51 heavy (non-hydrogen) atoms. The van der Waals surface area contributed by atoms with Crippen molar-refractivity contribution in [2.45, 2.75) is 6.92 Å². The molecule has 0 fully saturated rings. The zero-order chi connectivity index (χ0) is 34.1. The first-order valence-electron chi connectivity index (χ1n) is 17.1. The average Bonchev–Trinajstić information content (AvgIpc) is 3.21. The molecule has 3 aromatic heterocycles. The molecular formula is C47H32N4. The molecule has 9 aromatic rings. The first kappa shape index (κ1) is 30.3. The van der Waals surface area contributed by atoms with Crippen LogP contribution in [0.4, 0.5) is 0 Å². The van der Waals surface area contributed by atoms with E-state index in [0.717, 1.165) is 83.5 Å². The van der Waals surface area contributed by atoms with Crippen molar-refractivity contribution >= 4 is 21.8 Å². The van der Waals surface area contributed by atoms with E-state index < -0.39 is 0 Å². The van der Waals surface area contributed by atoms with Crippen LogP contribution in [0.2, 0.25) is 0 Å². The summed E-state index contributed by atoms with van der Waals surface area (Å²) in [5, 5.41) is 2.20. The molecule has 0 radical (unpaired) electrons. The van der Waals surface area contributed by atoms with Crippen LogP contribution in [0.25, 0.3) is 89.4 Å². The molecule has 0 bridgehead atoms. The highest BCUT2D eigenvalue weighted by Gasteiger charge is 2.13. The molecule has 0 atom stereocenters. The minimum absolute atomic E-state index is 0.708. The standard InChI is InChI=1S/C47H32N4/c1-31-28-42(49-46-40(31)26-24-36-25-27-41(48-45(36)46)33-12-5-2-6-13-33)35-22-20-32(21-23-35)38-18-11-19-39(29-38)44-30-43(34-14-7-3-8-15-34)50-47(51-44)37-16-9-4-10-17-37/h2-30H,1H3. The van der Waals surface area contributed by atoms with Crippen molar-refractivity contribution in [3.05, 3.63) is 181 Å². The number of aromatic nitrogens is 4. The summed E-state index contributed by atoms with van der Waals surface area (Å²) in [6.07, 6.45) is 0. The van der Waals surface area contributed by atoms with Crippen LogP contribution in [0.5, 0.6) is 0 Å². The number of rotatable bonds is 6. The zero-order valence-electron chi connectivity index (χ0n) is 28.0. The molecule has 6 aromatic carbocycles. The van der Waals surface area contributed by atoms with Crippen LogP contribution in [0.3, 0.4) is 0 Å². The molecule has 4 nitrogen and oxygen atoms in total. The lowest BCUT2D eigenvalue weighted by Gasteiger charge is -2.12. The first-order valence-corrected chi connectivity index (χ1v) is 17.1. The van der Waals surface area contributed by atoms with Gasteiger partial charge in [0.1, 0.15) is 0 Å². The van der Waals surface area contributed by atoms with Gasteiger partial charge in [-0.1, -0.05) is 152 Å². The summed E-state index contributed by atoms with van der Waals surface area (Å²) < 4.78 is 0. The normalized spacial score (nSPS) is 11.2. The van der Waals surface area contributed by atoms with Gasteiger partial charge in [-0.25, -0.2) is 19.9 Å². The van der Waals surface area contributed by atoms with Crippen LogP contribution in [-0.2, 0) is 0 Å². The molecule has 240 valence electrons. The summed E-state index contributed by atoms with van der Waals surface area (Å²) >= 11 is 0. The van der Waals surface area contributed by atoms with Gasteiger partial charge in [-0.15, -0.1) is 0 Å². The molecule has 0 saturated carbocycles. The van der Waals surface area contributed by atoms with Crippen molar-refractivity contribution in [1.82, 2.24) is 19.9 Å². The second-order valence-corrected chi connectivity index (χ2v) is 12.8. The molecule has 0 unspecified atom stereocenters. The van der Waals surface area contributed by atoms with Crippen molar-refractivity contribution in [3.63, 3.8) is 0 Å². The van der Waals surface area contributed by atoms with E-state index in [1.54, 1.807) is 0 Å². The Morgan fingerprint density at radius 3 is 1.53 bits per heavy atom. The fourth-order valence-electron chi connectivity index (χ4n) is 6.72. The minimum Gasteiger partial charge on any atom is -0.245 e. The van der Waals surface area contributed by atoms with Gasteiger partial charge in [-0.05, 0) is 47.9 Å². The highest BCUT2D eigenvalue weighted by molar-refractivity contribution is 6.05. The Kier molecular flexibility index (Phi) is 7.67. The monoisotopic (exact) mass is 652 g/mol. The first-order chi connectivity index (χ1) is 25.2. The lowest BCUT2D eigenvalue weighted by atomic mass is 9.98.